The van der Waals surface area contributed by atoms with Gasteiger partial charge in [0.2, 0.25) is 0 Å². The minimum atomic E-state index is -0.395. The van der Waals surface area contributed by atoms with Gasteiger partial charge in [-0.3, -0.25) is 0 Å². The van der Waals surface area contributed by atoms with Crippen molar-refractivity contribution in [2.24, 2.45) is 9.98 Å². The fourth-order valence-corrected chi connectivity index (χ4v) is 7.40. The number of nitrogens with one attached hydrogen (secondary N) is 1. The summed E-state index contributed by atoms with van der Waals surface area (Å²) >= 11 is 0. The summed E-state index contributed by atoms with van der Waals surface area (Å²) in [5.41, 5.74) is 9.59. The van der Waals surface area contributed by atoms with Crippen LogP contribution in [0.5, 0.6) is 0 Å². The summed E-state index contributed by atoms with van der Waals surface area (Å²) < 4.78 is 6.43. The third-order valence-electron chi connectivity index (χ3n) is 9.68. The lowest BCUT2D eigenvalue weighted by molar-refractivity contribution is 0.669. The van der Waals surface area contributed by atoms with Crippen LogP contribution in [0.4, 0.5) is 0 Å². The molecule has 1 aromatic heterocycles. The van der Waals surface area contributed by atoms with Crippen molar-refractivity contribution in [2.45, 2.75) is 6.17 Å². The maximum Gasteiger partial charge on any atom is 0.169 e. The highest BCUT2D eigenvalue weighted by Gasteiger charge is 2.23. The molecule has 4 heteroatoms. The van der Waals surface area contributed by atoms with Crippen molar-refractivity contribution < 1.29 is 4.42 Å². The van der Waals surface area contributed by atoms with Gasteiger partial charge < -0.3 is 9.73 Å². The molecule has 2 heterocycles. The molecule has 0 unspecified atom stereocenters. The second-order valence-electron chi connectivity index (χ2n) is 12.6. The van der Waals surface area contributed by atoms with E-state index in [0.717, 1.165) is 50.7 Å². The lowest BCUT2D eigenvalue weighted by Crippen LogP contribution is -2.35. The maximum absolute atomic E-state index is 6.43. The zero-order valence-electron chi connectivity index (χ0n) is 26.5. The predicted octanol–water partition coefficient (Wildman–Crippen LogP) is 11.2. The molecule has 10 rings (SSSR count). The first-order valence-corrected chi connectivity index (χ1v) is 16.6. The van der Waals surface area contributed by atoms with Gasteiger partial charge in [0, 0.05) is 27.3 Å². The van der Waals surface area contributed by atoms with Gasteiger partial charge in [-0.25, -0.2) is 9.98 Å². The highest BCUT2D eigenvalue weighted by Crippen LogP contribution is 2.46. The summed E-state index contributed by atoms with van der Waals surface area (Å²) in [6.45, 7) is 0. The normalized spacial score (nSPS) is 13.6. The molecule has 0 saturated carbocycles. The lowest BCUT2D eigenvalue weighted by atomic mass is 9.88. The molecule has 1 aliphatic heterocycles. The van der Waals surface area contributed by atoms with Gasteiger partial charge in [0.1, 0.15) is 22.8 Å². The lowest BCUT2D eigenvalue weighted by Gasteiger charge is -2.22. The zero-order valence-corrected chi connectivity index (χ0v) is 26.5. The van der Waals surface area contributed by atoms with E-state index >= 15 is 0 Å². The minimum absolute atomic E-state index is 0.395. The van der Waals surface area contributed by atoms with E-state index in [9.17, 15) is 0 Å². The van der Waals surface area contributed by atoms with Crippen molar-refractivity contribution in [1.82, 2.24) is 5.32 Å². The van der Waals surface area contributed by atoms with Crippen LogP contribution in [0.15, 0.2) is 178 Å². The molecule has 0 fully saturated rings. The maximum atomic E-state index is 6.43. The first-order valence-electron chi connectivity index (χ1n) is 16.6. The number of rotatable bonds is 5. The number of fused-ring (bicyclic) bond motifs is 3. The fraction of sp³-hybridized carbons (Fsp3) is 0.0222. The Morgan fingerprint density at radius 1 is 0.408 bits per heavy atom. The van der Waals surface area contributed by atoms with Gasteiger partial charge in [-0.1, -0.05) is 140 Å². The quantitative estimate of drug-likeness (QED) is 0.193. The van der Waals surface area contributed by atoms with E-state index in [2.05, 4.69) is 133 Å². The number of furan rings is 1. The molecule has 1 aliphatic rings. The van der Waals surface area contributed by atoms with Crippen LogP contribution in [-0.2, 0) is 0 Å². The summed E-state index contributed by atoms with van der Waals surface area (Å²) in [7, 11) is 0. The van der Waals surface area contributed by atoms with Crippen LogP contribution in [0.1, 0.15) is 22.9 Å². The Hall–Kier alpha value is -6.52. The van der Waals surface area contributed by atoms with Gasteiger partial charge in [-0.05, 0) is 68.2 Å². The van der Waals surface area contributed by atoms with Crippen molar-refractivity contribution in [2.75, 3.05) is 0 Å². The highest BCUT2D eigenvalue weighted by atomic mass is 16.3. The van der Waals surface area contributed by atoms with Crippen molar-refractivity contribution >= 4 is 55.2 Å². The van der Waals surface area contributed by atoms with Crippen LogP contribution in [0.2, 0.25) is 0 Å². The summed E-state index contributed by atoms with van der Waals surface area (Å²) in [4.78, 5) is 10.2. The van der Waals surface area contributed by atoms with Crippen molar-refractivity contribution in [3.8, 4) is 22.3 Å². The molecule has 0 radical (unpaired) electrons. The van der Waals surface area contributed by atoms with Crippen molar-refractivity contribution in [3.63, 3.8) is 0 Å². The Morgan fingerprint density at radius 2 is 1.02 bits per heavy atom. The highest BCUT2D eigenvalue weighted by molar-refractivity contribution is 6.35. The smallest absolute Gasteiger partial charge is 0.169 e. The molecule has 0 spiro atoms. The van der Waals surface area contributed by atoms with Gasteiger partial charge in [-0.2, -0.15) is 0 Å². The summed E-state index contributed by atoms with van der Waals surface area (Å²) in [5, 5.41) is 10.7. The number of aliphatic imine (C=N–C) groups is 2. The van der Waals surface area contributed by atoms with Gasteiger partial charge in [0.05, 0.1) is 0 Å². The molecule has 4 nitrogen and oxygen atoms in total. The van der Waals surface area contributed by atoms with E-state index in [1.165, 1.54) is 43.4 Å². The molecule has 49 heavy (non-hydrogen) atoms. The van der Waals surface area contributed by atoms with E-state index in [-0.39, 0.29) is 0 Å². The Balaban J connectivity index is 1.16. The van der Waals surface area contributed by atoms with Gasteiger partial charge >= 0.3 is 0 Å². The van der Waals surface area contributed by atoms with Gasteiger partial charge in [0.25, 0.3) is 0 Å². The van der Waals surface area contributed by atoms with E-state index in [1.807, 2.05) is 36.4 Å². The van der Waals surface area contributed by atoms with Crippen LogP contribution in [0.3, 0.4) is 0 Å². The average molecular weight is 628 g/mol. The summed E-state index contributed by atoms with van der Waals surface area (Å²) in [6.07, 6.45) is -0.395. The molecule has 230 valence electrons. The summed E-state index contributed by atoms with van der Waals surface area (Å²) in [6, 6.07) is 57.4. The molecule has 8 aromatic carbocycles. The zero-order chi connectivity index (χ0) is 32.3. The molecule has 0 bridgehead atoms. The standard InChI is InChI=1S/C45H29N3O/c1-4-12-28(13-5-1)34-24-25-39-42-40(34)37-27-32(22-23-35(37)36-20-11-21-38(49-39)41(36)42)31-18-10-19-33(26-31)45-47-43(29-14-6-2-7-15-29)46-44(48-45)30-16-8-3-9-17-30/h1-27,45H,(H,46,47,48). The number of hydrogen-bond donors (Lipinski definition) is 1. The number of nitrogens with zero attached hydrogens (tertiary/aromatic N) is 2. The number of hydrogen-bond acceptors (Lipinski definition) is 4. The average Bonchev–Trinajstić information content (AvgIpc) is 3.57. The molecule has 1 N–H and O–H groups in total. The summed E-state index contributed by atoms with van der Waals surface area (Å²) in [5.74, 6) is 1.62. The molecule has 0 aliphatic carbocycles. The molecular weight excluding hydrogens is 599 g/mol. The van der Waals surface area contributed by atoms with E-state index < -0.39 is 6.17 Å². The Bertz CT molecular complexity index is 2670. The Morgan fingerprint density at radius 3 is 1.73 bits per heavy atom. The van der Waals surface area contributed by atoms with Crippen LogP contribution < -0.4 is 5.32 Å². The minimum Gasteiger partial charge on any atom is -0.456 e. The van der Waals surface area contributed by atoms with Crippen LogP contribution >= 0.6 is 0 Å². The SMILES string of the molecule is c1ccc(C2=NC(c3cccc(-c4ccc5c(c4)c4c(-c6ccccc6)ccc6oc7cccc5c7c64)c3)N=C(c3ccccc3)N2)cc1. The third-order valence-corrected chi connectivity index (χ3v) is 9.68. The second-order valence-corrected chi connectivity index (χ2v) is 12.6. The topological polar surface area (TPSA) is 49.9 Å². The first kappa shape index (κ1) is 27.6. The Labute approximate surface area is 283 Å². The van der Waals surface area contributed by atoms with Crippen LogP contribution in [0.25, 0.3) is 65.7 Å². The van der Waals surface area contributed by atoms with Crippen molar-refractivity contribution in [1.29, 1.82) is 0 Å². The van der Waals surface area contributed by atoms with E-state index in [4.69, 9.17) is 14.4 Å². The van der Waals surface area contributed by atoms with Gasteiger partial charge in [0.15, 0.2) is 6.17 Å². The molecule has 9 aromatic rings. The number of benzene rings is 8. The number of amidine groups is 2. The fourth-order valence-electron chi connectivity index (χ4n) is 7.40. The van der Waals surface area contributed by atoms with E-state index in [0.29, 0.717) is 0 Å². The van der Waals surface area contributed by atoms with Crippen LogP contribution in [0, 0.1) is 0 Å². The van der Waals surface area contributed by atoms with Gasteiger partial charge in [-0.15, -0.1) is 0 Å². The largest absolute Gasteiger partial charge is 0.456 e. The monoisotopic (exact) mass is 627 g/mol. The second kappa shape index (κ2) is 11.0. The van der Waals surface area contributed by atoms with Crippen LogP contribution in [-0.4, -0.2) is 11.7 Å². The predicted molar refractivity (Wildman–Crippen MR) is 203 cm³/mol. The van der Waals surface area contributed by atoms with Crippen molar-refractivity contribution in [3.05, 3.63) is 180 Å². The molecule has 0 saturated heterocycles. The Kier molecular flexibility index (Phi) is 6.21. The molecule has 0 atom stereocenters. The first-order chi connectivity index (χ1) is 24.3. The molecule has 0 amide bonds. The third kappa shape index (κ3) is 4.53. The molecular formula is C45H29N3O. The van der Waals surface area contributed by atoms with E-state index in [1.54, 1.807) is 0 Å².